The zero-order valence-electron chi connectivity index (χ0n) is 9.66. The molecule has 0 aromatic heterocycles. The Morgan fingerprint density at radius 3 is 2.94 bits per heavy atom. The summed E-state index contributed by atoms with van der Waals surface area (Å²) in [5.41, 5.74) is 7.18. The molecule has 0 aliphatic carbocycles. The van der Waals surface area contributed by atoms with Gasteiger partial charge in [0.2, 0.25) is 0 Å². The average Bonchev–Trinajstić information content (AvgIpc) is 2.76. The number of rotatable bonds is 4. The first-order valence-electron chi connectivity index (χ1n) is 5.92. The summed E-state index contributed by atoms with van der Waals surface area (Å²) in [6, 6.07) is 5.64. The molecule has 2 rings (SSSR count). The van der Waals surface area contributed by atoms with E-state index in [-0.39, 0.29) is 6.04 Å². The number of hydrogen-bond donors (Lipinski definition) is 1. The molecular formula is C13H17Cl2NO. The largest absolute Gasteiger partial charge is 0.381 e. The summed E-state index contributed by atoms with van der Waals surface area (Å²) in [6.45, 7) is 1.71. The lowest BCUT2D eigenvalue weighted by Crippen LogP contribution is -2.26. The van der Waals surface area contributed by atoms with Gasteiger partial charge in [-0.15, -0.1) is 0 Å². The van der Waals surface area contributed by atoms with Crippen LogP contribution in [-0.2, 0) is 11.2 Å². The molecule has 2 nitrogen and oxygen atoms in total. The highest BCUT2D eigenvalue weighted by atomic mass is 35.5. The van der Waals surface area contributed by atoms with Gasteiger partial charge >= 0.3 is 0 Å². The van der Waals surface area contributed by atoms with Crippen LogP contribution in [0.5, 0.6) is 0 Å². The Balaban J connectivity index is 1.92. The van der Waals surface area contributed by atoms with Crippen molar-refractivity contribution in [2.45, 2.75) is 25.3 Å². The number of halogens is 2. The lowest BCUT2D eigenvalue weighted by atomic mass is 9.95. The van der Waals surface area contributed by atoms with Crippen molar-refractivity contribution in [2.75, 3.05) is 13.2 Å². The van der Waals surface area contributed by atoms with Gasteiger partial charge in [-0.05, 0) is 48.9 Å². The SMILES string of the molecule is NC(Cc1cc(Cl)ccc1Cl)CC1CCOC1. The van der Waals surface area contributed by atoms with Gasteiger partial charge < -0.3 is 10.5 Å². The van der Waals surface area contributed by atoms with Crippen molar-refractivity contribution in [3.05, 3.63) is 33.8 Å². The highest BCUT2D eigenvalue weighted by Crippen LogP contribution is 2.24. The topological polar surface area (TPSA) is 35.2 Å². The highest BCUT2D eigenvalue weighted by Gasteiger charge is 2.19. The van der Waals surface area contributed by atoms with E-state index in [9.17, 15) is 0 Å². The van der Waals surface area contributed by atoms with Gasteiger partial charge in [0.05, 0.1) is 0 Å². The molecule has 1 aliphatic heterocycles. The van der Waals surface area contributed by atoms with Gasteiger partial charge in [0.15, 0.2) is 0 Å². The Hall–Kier alpha value is -0.280. The number of benzene rings is 1. The molecule has 0 spiro atoms. The first kappa shape index (κ1) is 13.2. The molecule has 2 atom stereocenters. The lowest BCUT2D eigenvalue weighted by molar-refractivity contribution is 0.182. The van der Waals surface area contributed by atoms with Crippen LogP contribution in [0.15, 0.2) is 18.2 Å². The van der Waals surface area contributed by atoms with Gasteiger partial charge in [-0.2, -0.15) is 0 Å². The van der Waals surface area contributed by atoms with Gasteiger partial charge in [-0.3, -0.25) is 0 Å². The summed E-state index contributed by atoms with van der Waals surface area (Å²) in [6.07, 6.45) is 2.88. The second-order valence-electron chi connectivity index (χ2n) is 4.67. The fourth-order valence-corrected chi connectivity index (χ4v) is 2.65. The number of hydrogen-bond acceptors (Lipinski definition) is 2. The smallest absolute Gasteiger partial charge is 0.0495 e. The molecule has 1 saturated heterocycles. The fourth-order valence-electron chi connectivity index (χ4n) is 2.26. The van der Waals surface area contributed by atoms with Crippen LogP contribution in [-0.4, -0.2) is 19.3 Å². The molecule has 0 radical (unpaired) electrons. The van der Waals surface area contributed by atoms with Crippen LogP contribution < -0.4 is 5.73 Å². The lowest BCUT2D eigenvalue weighted by Gasteiger charge is -2.16. The van der Waals surface area contributed by atoms with Gasteiger partial charge in [-0.1, -0.05) is 23.2 Å². The summed E-state index contributed by atoms with van der Waals surface area (Å²) in [5, 5.41) is 1.45. The zero-order chi connectivity index (χ0) is 12.3. The number of nitrogens with two attached hydrogens (primary N) is 1. The molecular weight excluding hydrogens is 257 g/mol. The molecule has 0 bridgehead atoms. The maximum atomic E-state index is 6.15. The Morgan fingerprint density at radius 1 is 1.41 bits per heavy atom. The Bertz CT molecular complexity index is 378. The van der Waals surface area contributed by atoms with Crippen molar-refractivity contribution in [2.24, 2.45) is 11.7 Å². The van der Waals surface area contributed by atoms with E-state index in [1.54, 1.807) is 6.07 Å². The predicted molar refractivity (Wildman–Crippen MR) is 71.7 cm³/mol. The summed E-state index contributed by atoms with van der Waals surface area (Å²) in [4.78, 5) is 0. The van der Waals surface area contributed by atoms with Crippen LogP contribution >= 0.6 is 23.2 Å². The molecule has 17 heavy (non-hydrogen) atoms. The van der Waals surface area contributed by atoms with E-state index in [1.807, 2.05) is 12.1 Å². The Morgan fingerprint density at radius 2 is 2.24 bits per heavy atom. The molecule has 1 fully saturated rings. The first-order chi connectivity index (χ1) is 8.15. The third kappa shape index (κ3) is 3.85. The average molecular weight is 274 g/mol. The van der Waals surface area contributed by atoms with Crippen molar-refractivity contribution in [3.63, 3.8) is 0 Å². The van der Waals surface area contributed by atoms with E-state index in [0.29, 0.717) is 10.9 Å². The molecule has 94 valence electrons. The summed E-state index contributed by atoms with van der Waals surface area (Å²) in [5.74, 6) is 0.600. The fraction of sp³-hybridized carbons (Fsp3) is 0.538. The van der Waals surface area contributed by atoms with Crippen molar-refractivity contribution in [1.29, 1.82) is 0 Å². The maximum Gasteiger partial charge on any atom is 0.0495 e. The van der Waals surface area contributed by atoms with Crippen LogP contribution in [0.4, 0.5) is 0 Å². The van der Waals surface area contributed by atoms with Crippen LogP contribution in [0.3, 0.4) is 0 Å². The summed E-state index contributed by atoms with van der Waals surface area (Å²) in [7, 11) is 0. The molecule has 1 aromatic rings. The molecule has 1 aromatic carbocycles. The van der Waals surface area contributed by atoms with Gasteiger partial charge in [0.25, 0.3) is 0 Å². The second kappa shape index (κ2) is 6.05. The monoisotopic (exact) mass is 273 g/mol. The van der Waals surface area contributed by atoms with Crippen LogP contribution in [0.1, 0.15) is 18.4 Å². The molecule has 1 heterocycles. The molecule has 0 amide bonds. The minimum Gasteiger partial charge on any atom is -0.381 e. The third-order valence-electron chi connectivity index (χ3n) is 3.15. The predicted octanol–water partition coefficient (Wildman–Crippen LogP) is 3.29. The van der Waals surface area contributed by atoms with Gasteiger partial charge in [0, 0.05) is 29.3 Å². The van der Waals surface area contributed by atoms with E-state index in [2.05, 4.69) is 0 Å². The van der Waals surface area contributed by atoms with Gasteiger partial charge in [0.1, 0.15) is 0 Å². The van der Waals surface area contributed by atoms with Gasteiger partial charge in [-0.25, -0.2) is 0 Å². The van der Waals surface area contributed by atoms with E-state index in [0.717, 1.165) is 43.1 Å². The minimum atomic E-state index is 0.123. The second-order valence-corrected chi connectivity index (χ2v) is 5.51. The molecule has 4 heteroatoms. The summed E-state index contributed by atoms with van der Waals surface area (Å²) < 4.78 is 5.35. The van der Waals surface area contributed by atoms with Crippen molar-refractivity contribution >= 4 is 23.2 Å². The van der Waals surface area contributed by atoms with Crippen molar-refractivity contribution in [3.8, 4) is 0 Å². The quantitative estimate of drug-likeness (QED) is 0.914. The van der Waals surface area contributed by atoms with E-state index in [1.165, 1.54) is 0 Å². The molecule has 1 aliphatic rings. The normalized spacial score (nSPS) is 21.7. The van der Waals surface area contributed by atoms with E-state index >= 15 is 0 Å². The number of ether oxygens (including phenoxy) is 1. The van der Waals surface area contributed by atoms with Crippen molar-refractivity contribution in [1.82, 2.24) is 0 Å². The standard InChI is InChI=1S/C13H17Cl2NO/c14-11-1-2-13(15)10(6-11)7-12(16)5-9-3-4-17-8-9/h1-2,6,9,12H,3-5,7-8,16H2. The van der Waals surface area contributed by atoms with Crippen LogP contribution in [0, 0.1) is 5.92 Å². The molecule has 0 saturated carbocycles. The maximum absolute atomic E-state index is 6.15. The van der Waals surface area contributed by atoms with Crippen LogP contribution in [0.25, 0.3) is 0 Å². The Labute approximate surface area is 112 Å². The van der Waals surface area contributed by atoms with E-state index in [4.69, 9.17) is 33.7 Å². The third-order valence-corrected chi connectivity index (χ3v) is 3.75. The van der Waals surface area contributed by atoms with E-state index < -0.39 is 0 Å². The van der Waals surface area contributed by atoms with Crippen molar-refractivity contribution < 1.29 is 4.74 Å². The first-order valence-corrected chi connectivity index (χ1v) is 6.68. The molecule has 2 unspecified atom stereocenters. The zero-order valence-corrected chi connectivity index (χ0v) is 11.2. The highest BCUT2D eigenvalue weighted by molar-refractivity contribution is 6.33. The van der Waals surface area contributed by atoms with Crippen LogP contribution in [0.2, 0.25) is 10.0 Å². The summed E-state index contributed by atoms with van der Waals surface area (Å²) >= 11 is 12.1. The Kier molecular flexibility index (Phi) is 4.69. The molecule has 2 N–H and O–H groups in total. The minimum absolute atomic E-state index is 0.123.